The third-order valence-corrected chi connectivity index (χ3v) is 0. The minimum Gasteiger partial charge on any atom is -1.00 e. The predicted molar refractivity (Wildman–Crippen MR) is 18.7 cm³/mol. The van der Waals surface area contributed by atoms with Gasteiger partial charge in [0.05, 0.1) is 6.34 Å². The molecule has 0 aliphatic rings. The molecule has 0 aliphatic heterocycles. The molecule has 0 aliphatic carbocycles. The smallest absolute Gasteiger partial charge is 1.00 e. The largest absolute Gasteiger partial charge is 4.00 e. The van der Waals surface area contributed by atoms with E-state index in [1.165, 1.54) is 0 Å². The standard InChI is InChI=1S/CH4N2.4HI.Sn/c2-1-3;;;;;/h1H,(H3,2,3);4*1H;/q;;;;;+4/p-4. The second-order valence-corrected chi connectivity index (χ2v) is 0.167. The van der Waals surface area contributed by atoms with Crippen LogP contribution in [0.3, 0.4) is 0 Å². The van der Waals surface area contributed by atoms with Gasteiger partial charge in [-0.25, -0.2) is 0 Å². The van der Waals surface area contributed by atoms with Crippen molar-refractivity contribution in [3.63, 3.8) is 0 Å². The molecule has 0 bridgehead atoms. The third-order valence-electron chi connectivity index (χ3n) is 0. The van der Waals surface area contributed by atoms with E-state index >= 15 is 0 Å². The van der Waals surface area contributed by atoms with Crippen molar-refractivity contribution in [2.24, 2.45) is 5.73 Å². The van der Waals surface area contributed by atoms with E-state index in [1.807, 2.05) is 0 Å². The van der Waals surface area contributed by atoms with Crippen LogP contribution in [-0.2, 0) is 0 Å². The Kier molecular flexibility index (Phi) is 264. The van der Waals surface area contributed by atoms with Gasteiger partial charge in [0.2, 0.25) is 0 Å². The summed E-state index contributed by atoms with van der Waals surface area (Å²) in [5, 5.41) is 5.86. The van der Waals surface area contributed by atoms with Crippen LogP contribution in [-0.4, -0.2) is 30.2 Å². The summed E-state index contributed by atoms with van der Waals surface area (Å²) in [6.45, 7) is 0. The first-order chi connectivity index (χ1) is 1.41. The normalized spacial score (nSPS) is 1.50. The van der Waals surface area contributed by atoms with Crippen molar-refractivity contribution >= 4 is 30.2 Å². The Labute approximate surface area is 134 Å². The first-order valence-electron chi connectivity index (χ1n) is 0.622. The summed E-state index contributed by atoms with van der Waals surface area (Å²) in [5.74, 6) is 0. The van der Waals surface area contributed by atoms with E-state index in [1.54, 1.807) is 0 Å². The van der Waals surface area contributed by atoms with Crippen molar-refractivity contribution in [3.05, 3.63) is 0 Å². The Morgan fingerprint density at radius 3 is 1.00 bits per heavy atom. The maximum atomic E-state index is 5.86. The van der Waals surface area contributed by atoms with Gasteiger partial charge in [-0.2, -0.15) is 0 Å². The van der Waals surface area contributed by atoms with Crippen LogP contribution in [0, 0.1) is 5.41 Å². The molecule has 0 heterocycles. The number of hydrogen-bond acceptors (Lipinski definition) is 1. The molecule has 8 heavy (non-hydrogen) atoms. The number of rotatable bonds is 0. The van der Waals surface area contributed by atoms with E-state index in [2.05, 4.69) is 5.73 Å². The number of hydrogen-bond donors (Lipinski definition) is 2. The zero-order chi connectivity index (χ0) is 2.71. The molecule has 0 rings (SSSR count). The molecular formula is CH4I4N2Sn. The zero-order valence-corrected chi connectivity index (χ0v) is 15.2. The minimum atomic E-state index is 0. The first kappa shape index (κ1) is 43.1. The molecule has 0 amide bonds. The fourth-order valence-electron chi connectivity index (χ4n) is 0. The van der Waals surface area contributed by atoms with Crippen molar-refractivity contribution in [1.82, 2.24) is 0 Å². The Morgan fingerprint density at radius 2 is 1.00 bits per heavy atom. The minimum absolute atomic E-state index is 0. The zero-order valence-electron chi connectivity index (χ0n) is 3.67. The van der Waals surface area contributed by atoms with Crippen LogP contribution in [0.4, 0.5) is 0 Å². The second kappa shape index (κ2) is 49.0. The second-order valence-electron chi connectivity index (χ2n) is 0.167. The van der Waals surface area contributed by atoms with E-state index in [0.717, 1.165) is 6.34 Å². The van der Waals surface area contributed by atoms with Gasteiger partial charge >= 0.3 is 23.9 Å². The molecule has 0 unspecified atom stereocenters. The van der Waals surface area contributed by atoms with Crippen molar-refractivity contribution < 1.29 is 95.9 Å². The maximum Gasteiger partial charge on any atom is 4.00 e. The van der Waals surface area contributed by atoms with Crippen LogP contribution < -0.4 is 102 Å². The summed E-state index contributed by atoms with van der Waals surface area (Å²) in [5.41, 5.74) is 4.39. The van der Waals surface area contributed by atoms with Gasteiger partial charge in [0.25, 0.3) is 0 Å². The number of nitrogens with two attached hydrogens (primary N) is 1. The molecular weight excluding hydrogens is 666 g/mol. The van der Waals surface area contributed by atoms with E-state index in [9.17, 15) is 0 Å². The summed E-state index contributed by atoms with van der Waals surface area (Å²) < 4.78 is 0. The van der Waals surface area contributed by atoms with Gasteiger partial charge in [0.1, 0.15) is 0 Å². The summed E-state index contributed by atoms with van der Waals surface area (Å²) in [6.07, 6.45) is 0.750. The molecule has 0 saturated carbocycles. The SMILES string of the molecule is N=CN.[I-].[I-].[I-].[I-].[Sn+4]. The Bertz CT molecular complexity index is 21.5. The number of halogens is 4. The molecule has 0 saturated heterocycles. The molecule has 7 heteroatoms. The average Bonchev–Trinajstić information content (AvgIpc) is 0.918. The van der Waals surface area contributed by atoms with Crippen LogP contribution >= 0.6 is 0 Å². The Morgan fingerprint density at radius 1 is 1.00 bits per heavy atom. The Hall–Kier alpha value is 3.19. The summed E-state index contributed by atoms with van der Waals surface area (Å²) in [6, 6.07) is 0. The van der Waals surface area contributed by atoms with E-state index in [4.69, 9.17) is 5.41 Å². The summed E-state index contributed by atoms with van der Waals surface area (Å²) in [4.78, 5) is 0. The summed E-state index contributed by atoms with van der Waals surface area (Å²) >= 11 is 0. The van der Waals surface area contributed by atoms with Gasteiger partial charge in [-0.1, -0.05) is 0 Å². The van der Waals surface area contributed by atoms with Crippen molar-refractivity contribution in [3.8, 4) is 0 Å². The number of nitrogens with one attached hydrogen (secondary N) is 1. The molecule has 3 N–H and O–H groups in total. The van der Waals surface area contributed by atoms with Gasteiger partial charge in [0, 0.05) is 0 Å². The van der Waals surface area contributed by atoms with Gasteiger partial charge in [0.15, 0.2) is 0 Å². The van der Waals surface area contributed by atoms with Crippen LogP contribution in [0.1, 0.15) is 0 Å². The topological polar surface area (TPSA) is 49.9 Å². The fourth-order valence-corrected chi connectivity index (χ4v) is 0. The maximum absolute atomic E-state index is 5.86. The van der Waals surface area contributed by atoms with Gasteiger partial charge < -0.3 is 102 Å². The fraction of sp³-hybridized carbons (Fsp3) is 0. The van der Waals surface area contributed by atoms with Crippen molar-refractivity contribution in [2.75, 3.05) is 0 Å². The molecule has 0 aromatic rings. The van der Waals surface area contributed by atoms with Crippen LogP contribution in [0.2, 0.25) is 0 Å². The first-order valence-corrected chi connectivity index (χ1v) is 0.622. The van der Waals surface area contributed by atoms with Gasteiger partial charge in [-0.3, -0.25) is 5.41 Å². The molecule has 0 spiro atoms. The van der Waals surface area contributed by atoms with E-state index < -0.39 is 0 Å². The molecule has 0 radical (unpaired) electrons. The summed E-state index contributed by atoms with van der Waals surface area (Å²) in [7, 11) is 0. The molecule has 2 nitrogen and oxygen atoms in total. The van der Waals surface area contributed by atoms with Crippen molar-refractivity contribution in [1.29, 1.82) is 5.41 Å². The molecule has 0 aromatic carbocycles. The van der Waals surface area contributed by atoms with Crippen LogP contribution in [0.5, 0.6) is 0 Å². The van der Waals surface area contributed by atoms with Crippen LogP contribution in [0.15, 0.2) is 0 Å². The van der Waals surface area contributed by atoms with Crippen molar-refractivity contribution in [2.45, 2.75) is 0 Å². The average molecular weight is 670 g/mol. The quantitative estimate of drug-likeness (QED) is 0.115. The Balaban J connectivity index is -0.00000000200. The molecule has 0 aromatic heterocycles. The molecule has 50 valence electrons. The van der Waals surface area contributed by atoms with E-state index in [0.29, 0.717) is 0 Å². The molecule has 0 atom stereocenters. The monoisotopic (exact) mass is 672 g/mol. The van der Waals surface area contributed by atoms with E-state index in [-0.39, 0.29) is 120 Å². The van der Waals surface area contributed by atoms with Gasteiger partial charge in [-0.15, -0.1) is 0 Å². The van der Waals surface area contributed by atoms with Crippen LogP contribution in [0.25, 0.3) is 0 Å². The third kappa shape index (κ3) is 60.6. The van der Waals surface area contributed by atoms with Gasteiger partial charge in [-0.05, 0) is 0 Å². The predicted octanol–water partition coefficient (Wildman–Crippen LogP) is -12.8. The molecule has 0 fully saturated rings.